The average Bonchev–Trinajstić information content (AvgIpc) is 3.81. The quantitative estimate of drug-likeness (QED) is 0.193. The fraction of sp³-hybridized carbons (Fsp3) is 0.0217. The molecule has 0 amide bonds. The Labute approximate surface area is 288 Å². The van der Waals surface area contributed by atoms with E-state index in [9.17, 15) is 0 Å². The molecule has 2 aliphatic carbocycles. The van der Waals surface area contributed by atoms with Crippen molar-refractivity contribution < 1.29 is 4.42 Å². The van der Waals surface area contributed by atoms with Gasteiger partial charge in [0.2, 0.25) is 0 Å². The van der Waals surface area contributed by atoms with Crippen molar-refractivity contribution in [3.05, 3.63) is 186 Å². The maximum Gasteiger partial charge on any atom is 0.164 e. The van der Waals surface area contributed by atoms with Crippen molar-refractivity contribution >= 4 is 21.9 Å². The lowest BCUT2D eigenvalue weighted by atomic mass is 9.70. The highest BCUT2D eigenvalue weighted by molar-refractivity contribution is 6.05. The number of nitrogens with zero attached hydrogens (tertiary/aromatic N) is 3. The molecule has 0 saturated carbocycles. The van der Waals surface area contributed by atoms with Crippen LogP contribution in [0.1, 0.15) is 22.3 Å². The molecule has 0 radical (unpaired) electrons. The van der Waals surface area contributed by atoms with Gasteiger partial charge in [-0.3, -0.25) is 0 Å². The topological polar surface area (TPSA) is 51.8 Å². The normalized spacial score (nSPS) is 13.4. The number of aromatic nitrogens is 3. The van der Waals surface area contributed by atoms with Crippen molar-refractivity contribution in [1.29, 1.82) is 0 Å². The average molecular weight is 638 g/mol. The van der Waals surface area contributed by atoms with Crippen LogP contribution in [0.3, 0.4) is 0 Å². The molecular formula is C46H27N3O. The molecule has 7 aromatic carbocycles. The summed E-state index contributed by atoms with van der Waals surface area (Å²) in [5.74, 6) is 1.86. The van der Waals surface area contributed by atoms with E-state index < -0.39 is 5.41 Å². The van der Waals surface area contributed by atoms with Gasteiger partial charge in [0.05, 0.1) is 5.41 Å². The predicted molar refractivity (Wildman–Crippen MR) is 200 cm³/mol. The van der Waals surface area contributed by atoms with Crippen LogP contribution in [-0.4, -0.2) is 15.0 Å². The summed E-state index contributed by atoms with van der Waals surface area (Å²) in [5.41, 5.74) is 14.2. The standard InChI is InChI=1S/C46H27N3O/c1-2-12-28(13-3-1)43-47-44(49-45(48-43)30-23-25-36-35-17-7-11-21-41(35)50-42(36)27-30)29-22-24-34-33-16-6-10-20-39(33)46(40(34)26-29)37-18-8-4-14-31(37)32-15-5-9-19-38(32)46/h1-27H. The molecule has 2 heterocycles. The number of hydrogen-bond donors (Lipinski definition) is 0. The molecule has 0 atom stereocenters. The molecule has 0 N–H and O–H groups in total. The zero-order valence-corrected chi connectivity index (χ0v) is 26.8. The van der Waals surface area contributed by atoms with Gasteiger partial charge in [-0.2, -0.15) is 0 Å². The predicted octanol–water partition coefficient (Wildman–Crippen LogP) is 11.1. The van der Waals surface area contributed by atoms with Crippen molar-refractivity contribution in [3.8, 4) is 56.4 Å². The molecule has 4 nitrogen and oxygen atoms in total. The van der Waals surface area contributed by atoms with Crippen LogP contribution in [0.2, 0.25) is 0 Å². The van der Waals surface area contributed by atoms with Gasteiger partial charge in [0.25, 0.3) is 0 Å². The van der Waals surface area contributed by atoms with E-state index in [-0.39, 0.29) is 0 Å². The van der Waals surface area contributed by atoms with Crippen LogP contribution in [0.15, 0.2) is 168 Å². The van der Waals surface area contributed by atoms with Crippen molar-refractivity contribution in [1.82, 2.24) is 15.0 Å². The summed E-state index contributed by atoms with van der Waals surface area (Å²) in [7, 11) is 0. The van der Waals surface area contributed by atoms with Gasteiger partial charge in [-0.1, -0.05) is 140 Å². The van der Waals surface area contributed by atoms with Gasteiger partial charge in [-0.15, -0.1) is 0 Å². The summed E-state index contributed by atoms with van der Waals surface area (Å²) >= 11 is 0. The third-order valence-electron chi connectivity index (χ3n) is 10.6. The molecular weight excluding hydrogens is 611 g/mol. The Morgan fingerprint density at radius 2 is 0.820 bits per heavy atom. The fourth-order valence-electron chi connectivity index (χ4n) is 8.45. The lowest BCUT2D eigenvalue weighted by molar-refractivity contribution is 0.669. The smallest absolute Gasteiger partial charge is 0.164 e. The van der Waals surface area contributed by atoms with Crippen molar-refractivity contribution in [3.63, 3.8) is 0 Å². The minimum Gasteiger partial charge on any atom is -0.456 e. The second-order valence-electron chi connectivity index (χ2n) is 13.1. The van der Waals surface area contributed by atoms with Crippen LogP contribution in [0.4, 0.5) is 0 Å². The second kappa shape index (κ2) is 10.2. The van der Waals surface area contributed by atoms with E-state index in [0.29, 0.717) is 17.5 Å². The third kappa shape index (κ3) is 3.67. The molecule has 2 aliphatic rings. The molecule has 0 fully saturated rings. The van der Waals surface area contributed by atoms with Crippen LogP contribution in [0.5, 0.6) is 0 Å². The number of furan rings is 1. The first-order chi connectivity index (χ1) is 24.8. The largest absolute Gasteiger partial charge is 0.456 e. The third-order valence-corrected chi connectivity index (χ3v) is 10.6. The van der Waals surface area contributed by atoms with E-state index in [0.717, 1.165) is 38.6 Å². The molecule has 0 saturated heterocycles. The molecule has 0 unspecified atom stereocenters. The van der Waals surface area contributed by atoms with Crippen molar-refractivity contribution in [2.75, 3.05) is 0 Å². The number of fused-ring (bicyclic) bond motifs is 13. The van der Waals surface area contributed by atoms with E-state index in [1.807, 2.05) is 54.6 Å². The Morgan fingerprint density at radius 1 is 0.340 bits per heavy atom. The van der Waals surface area contributed by atoms with Crippen molar-refractivity contribution in [2.24, 2.45) is 0 Å². The zero-order chi connectivity index (χ0) is 32.8. The first-order valence-electron chi connectivity index (χ1n) is 16.9. The summed E-state index contributed by atoms with van der Waals surface area (Å²) in [5, 5.41) is 2.17. The lowest BCUT2D eigenvalue weighted by Crippen LogP contribution is -2.25. The van der Waals surface area contributed by atoms with Gasteiger partial charge in [-0.25, -0.2) is 15.0 Å². The van der Waals surface area contributed by atoms with Gasteiger partial charge in [-0.05, 0) is 68.8 Å². The summed E-state index contributed by atoms with van der Waals surface area (Å²) in [4.78, 5) is 15.3. The highest BCUT2D eigenvalue weighted by Gasteiger charge is 2.51. The van der Waals surface area contributed by atoms with E-state index in [4.69, 9.17) is 19.4 Å². The Kier molecular flexibility index (Phi) is 5.56. The number of para-hydroxylation sites is 1. The number of benzene rings is 7. The maximum atomic E-state index is 6.27. The fourth-order valence-corrected chi connectivity index (χ4v) is 8.45. The highest BCUT2D eigenvalue weighted by atomic mass is 16.3. The minimum absolute atomic E-state index is 0.445. The summed E-state index contributed by atoms with van der Waals surface area (Å²) < 4.78 is 6.27. The van der Waals surface area contributed by atoms with Crippen molar-refractivity contribution in [2.45, 2.75) is 5.41 Å². The van der Waals surface area contributed by atoms with Crippen LogP contribution in [-0.2, 0) is 5.41 Å². The SMILES string of the molecule is c1ccc(-c2nc(-c3ccc4c(c3)C3(c5ccccc5-c5ccccc53)c3ccccc3-4)nc(-c3ccc4c(c3)oc3ccccc34)n2)cc1. The van der Waals surface area contributed by atoms with Gasteiger partial charge in [0, 0.05) is 27.5 Å². The number of rotatable bonds is 3. The first kappa shape index (κ1) is 27.3. The van der Waals surface area contributed by atoms with E-state index in [2.05, 4.69) is 109 Å². The minimum atomic E-state index is -0.445. The Hall–Kier alpha value is -6.65. The summed E-state index contributed by atoms with van der Waals surface area (Å²) in [6.07, 6.45) is 0. The molecule has 9 aromatic rings. The monoisotopic (exact) mass is 637 g/mol. The zero-order valence-electron chi connectivity index (χ0n) is 26.8. The molecule has 1 spiro atoms. The van der Waals surface area contributed by atoms with E-state index in [1.165, 1.54) is 44.5 Å². The van der Waals surface area contributed by atoms with Gasteiger partial charge >= 0.3 is 0 Å². The van der Waals surface area contributed by atoms with E-state index >= 15 is 0 Å². The first-order valence-corrected chi connectivity index (χ1v) is 16.9. The highest BCUT2D eigenvalue weighted by Crippen LogP contribution is 2.62. The Bertz CT molecular complexity index is 2770. The molecule has 4 heteroatoms. The molecule has 11 rings (SSSR count). The van der Waals surface area contributed by atoms with Gasteiger partial charge < -0.3 is 4.42 Å². The Morgan fingerprint density at radius 3 is 1.48 bits per heavy atom. The number of hydrogen-bond acceptors (Lipinski definition) is 4. The molecule has 50 heavy (non-hydrogen) atoms. The van der Waals surface area contributed by atoms with Crippen LogP contribution >= 0.6 is 0 Å². The lowest BCUT2D eigenvalue weighted by Gasteiger charge is -2.30. The van der Waals surface area contributed by atoms with Crippen LogP contribution in [0.25, 0.3) is 78.4 Å². The van der Waals surface area contributed by atoms with Gasteiger partial charge in [0.1, 0.15) is 11.2 Å². The molecule has 2 aromatic heterocycles. The van der Waals surface area contributed by atoms with Crippen LogP contribution < -0.4 is 0 Å². The Balaban J connectivity index is 1.15. The van der Waals surface area contributed by atoms with E-state index in [1.54, 1.807) is 0 Å². The molecule has 0 aliphatic heterocycles. The molecule has 232 valence electrons. The molecule has 0 bridgehead atoms. The second-order valence-corrected chi connectivity index (χ2v) is 13.1. The van der Waals surface area contributed by atoms with Gasteiger partial charge in [0.15, 0.2) is 17.5 Å². The summed E-state index contributed by atoms with van der Waals surface area (Å²) in [6.45, 7) is 0. The summed E-state index contributed by atoms with van der Waals surface area (Å²) in [6, 6.07) is 57.9. The maximum absolute atomic E-state index is 6.27. The van der Waals surface area contributed by atoms with Crippen LogP contribution in [0, 0.1) is 0 Å².